The molecular weight excluding hydrogens is 362 g/mol. The molecule has 0 spiro atoms. The largest absolute Gasteiger partial charge is 0.497 e. The number of nitrogens with one attached hydrogen (secondary N) is 2. The van der Waals surface area contributed by atoms with Gasteiger partial charge in [-0.3, -0.25) is 25.4 Å². The number of aromatic nitrogens is 2. The fraction of sp³-hybridized carbons (Fsp3) is 0.368. The summed E-state index contributed by atoms with van der Waals surface area (Å²) >= 11 is 0. The normalized spacial score (nSPS) is 16.2. The Morgan fingerprint density at radius 3 is 2.50 bits per heavy atom. The molecule has 2 aromatic rings. The Morgan fingerprint density at radius 1 is 1.11 bits per heavy atom. The molecule has 1 fully saturated rings. The van der Waals surface area contributed by atoms with Crippen molar-refractivity contribution in [3.05, 3.63) is 42.4 Å². The molecule has 0 bridgehead atoms. The third-order valence-electron chi connectivity index (χ3n) is 4.58. The summed E-state index contributed by atoms with van der Waals surface area (Å²) in [5.41, 5.74) is 5.29. The molecule has 28 heavy (non-hydrogen) atoms. The minimum Gasteiger partial charge on any atom is -0.497 e. The molecule has 1 aliphatic rings. The van der Waals surface area contributed by atoms with Crippen LogP contribution in [0.4, 0.5) is 5.82 Å². The minimum absolute atomic E-state index is 0.239. The number of methoxy groups -OCH3 is 2. The molecule has 2 heterocycles. The monoisotopic (exact) mass is 385 g/mol. The highest BCUT2D eigenvalue weighted by molar-refractivity contribution is 5.96. The molecule has 0 aliphatic carbocycles. The Labute approximate surface area is 163 Å². The number of ether oxygens (including phenoxy) is 2. The second-order valence-electron chi connectivity index (χ2n) is 6.39. The second-order valence-corrected chi connectivity index (χ2v) is 6.39. The van der Waals surface area contributed by atoms with Gasteiger partial charge in [0.15, 0.2) is 0 Å². The van der Waals surface area contributed by atoms with E-state index in [0.29, 0.717) is 23.6 Å². The number of nitrogens with zero attached hydrogens (tertiary/aromatic N) is 3. The van der Waals surface area contributed by atoms with Gasteiger partial charge in [0, 0.05) is 37.1 Å². The standard InChI is InChI=1S/C19H23N5O4/c1-27-15-8-14(9-16(10-15)28-2)19(26)23-22-18(25)13-4-3-7-24(12-13)17-11-20-5-6-21-17/h5-6,8-11,13H,3-4,7,12H2,1-2H3,(H,22,25)(H,23,26)/t13-/m1/s1. The third-order valence-corrected chi connectivity index (χ3v) is 4.58. The van der Waals surface area contributed by atoms with Crippen molar-refractivity contribution in [3.63, 3.8) is 0 Å². The van der Waals surface area contributed by atoms with Crippen LogP contribution in [-0.2, 0) is 4.79 Å². The molecule has 1 saturated heterocycles. The number of anilines is 1. The molecule has 9 nitrogen and oxygen atoms in total. The molecule has 148 valence electrons. The lowest BCUT2D eigenvalue weighted by atomic mass is 9.97. The van der Waals surface area contributed by atoms with Crippen molar-refractivity contribution in [1.29, 1.82) is 0 Å². The van der Waals surface area contributed by atoms with Crippen molar-refractivity contribution >= 4 is 17.6 Å². The van der Waals surface area contributed by atoms with Gasteiger partial charge in [-0.2, -0.15) is 0 Å². The Balaban J connectivity index is 1.58. The first-order chi connectivity index (χ1) is 13.6. The Bertz CT molecular complexity index is 808. The van der Waals surface area contributed by atoms with Gasteiger partial charge in [-0.05, 0) is 25.0 Å². The minimum atomic E-state index is -0.452. The maximum atomic E-state index is 12.5. The summed E-state index contributed by atoms with van der Waals surface area (Å²) in [6, 6.07) is 4.80. The van der Waals surface area contributed by atoms with Crippen LogP contribution >= 0.6 is 0 Å². The van der Waals surface area contributed by atoms with Crippen LogP contribution in [0.1, 0.15) is 23.2 Å². The van der Waals surface area contributed by atoms with Gasteiger partial charge in [-0.1, -0.05) is 0 Å². The molecule has 1 aromatic heterocycles. The summed E-state index contributed by atoms with van der Waals surface area (Å²) < 4.78 is 10.3. The number of hydrazine groups is 1. The fourth-order valence-electron chi connectivity index (χ4n) is 3.08. The zero-order valence-electron chi connectivity index (χ0n) is 15.8. The molecule has 2 amide bonds. The SMILES string of the molecule is COc1cc(OC)cc(C(=O)NNC(=O)[C@@H]2CCCN(c3cnccn3)C2)c1. The van der Waals surface area contributed by atoms with E-state index in [2.05, 4.69) is 20.8 Å². The van der Waals surface area contributed by atoms with Crippen LogP contribution in [0.2, 0.25) is 0 Å². The molecule has 1 aliphatic heterocycles. The molecule has 9 heteroatoms. The average Bonchev–Trinajstić information content (AvgIpc) is 2.77. The van der Waals surface area contributed by atoms with Crippen molar-refractivity contribution in [2.45, 2.75) is 12.8 Å². The number of rotatable bonds is 5. The summed E-state index contributed by atoms with van der Waals surface area (Å²) in [4.78, 5) is 35.3. The predicted molar refractivity (Wildman–Crippen MR) is 102 cm³/mol. The topological polar surface area (TPSA) is 106 Å². The van der Waals surface area contributed by atoms with Gasteiger partial charge < -0.3 is 14.4 Å². The highest BCUT2D eigenvalue weighted by Gasteiger charge is 2.27. The summed E-state index contributed by atoms with van der Waals surface area (Å²) in [5.74, 6) is 0.776. The molecular formula is C19H23N5O4. The summed E-state index contributed by atoms with van der Waals surface area (Å²) in [7, 11) is 3.01. The smallest absolute Gasteiger partial charge is 0.269 e. The van der Waals surface area contributed by atoms with Gasteiger partial charge >= 0.3 is 0 Å². The van der Waals surface area contributed by atoms with Crippen LogP contribution in [0.3, 0.4) is 0 Å². The summed E-state index contributed by atoms with van der Waals surface area (Å²) in [5, 5.41) is 0. The molecule has 3 rings (SSSR count). The number of carbonyl (C=O) groups is 2. The van der Waals surface area contributed by atoms with Crippen LogP contribution in [0.5, 0.6) is 11.5 Å². The van der Waals surface area contributed by atoms with E-state index in [9.17, 15) is 9.59 Å². The number of benzene rings is 1. The zero-order chi connectivity index (χ0) is 19.9. The van der Waals surface area contributed by atoms with Crippen LogP contribution < -0.4 is 25.2 Å². The van der Waals surface area contributed by atoms with Crippen LogP contribution in [0.25, 0.3) is 0 Å². The maximum absolute atomic E-state index is 12.5. The first-order valence-corrected chi connectivity index (χ1v) is 8.95. The van der Waals surface area contributed by atoms with Crippen molar-refractivity contribution in [2.75, 3.05) is 32.2 Å². The van der Waals surface area contributed by atoms with Crippen LogP contribution in [0.15, 0.2) is 36.8 Å². The van der Waals surface area contributed by atoms with Gasteiger partial charge in [-0.25, -0.2) is 4.98 Å². The van der Waals surface area contributed by atoms with Gasteiger partial charge in [0.2, 0.25) is 5.91 Å². The van der Waals surface area contributed by atoms with E-state index >= 15 is 0 Å². The highest BCUT2D eigenvalue weighted by Crippen LogP contribution is 2.23. The molecule has 1 aromatic carbocycles. The van der Waals surface area contributed by atoms with E-state index in [1.807, 2.05) is 4.90 Å². The first kappa shape index (κ1) is 19.4. The first-order valence-electron chi connectivity index (χ1n) is 8.95. The van der Waals surface area contributed by atoms with E-state index in [4.69, 9.17) is 9.47 Å². The van der Waals surface area contributed by atoms with Gasteiger partial charge in [0.1, 0.15) is 17.3 Å². The number of hydrogen-bond donors (Lipinski definition) is 2. The summed E-state index contributed by atoms with van der Waals surface area (Å²) in [6.07, 6.45) is 6.52. The fourth-order valence-corrected chi connectivity index (χ4v) is 3.08. The van der Waals surface area contributed by atoms with E-state index in [1.54, 1.807) is 36.8 Å². The predicted octanol–water partition coefficient (Wildman–Crippen LogP) is 1.17. The third kappa shape index (κ3) is 4.67. The van der Waals surface area contributed by atoms with Crippen LogP contribution in [-0.4, -0.2) is 49.1 Å². The Morgan fingerprint density at radius 2 is 1.86 bits per heavy atom. The van der Waals surface area contributed by atoms with Crippen molar-refractivity contribution < 1.29 is 19.1 Å². The number of piperidine rings is 1. The van der Waals surface area contributed by atoms with E-state index in [0.717, 1.165) is 25.2 Å². The molecule has 0 saturated carbocycles. The molecule has 2 N–H and O–H groups in total. The highest BCUT2D eigenvalue weighted by atomic mass is 16.5. The van der Waals surface area contributed by atoms with Gasteiger partial charge in [0.05, 0.1) is 26.3 Å². The number of carbonyl (C=O) groups excluding carboxylic acids is 2. The molecule has 1 atom stereocenters. The van der Waals surface area contributed by atoms with Crippen LogP contribution in [0, 0.1) is 5.92 Å². The number of amides is 2. The van der Waals surface area contributed by atoms with Crippen molar-refractivity contribution in [1.82, 2.24) is 20.8 Å². The molecule has 0 radical (unpaired) electrons. The lowest BCUT2D eigenvalue weighted by Gasteiger charge is -2.32. The van der Waals surface area contributed by atoms with E-state index in [1.165, 1.54) is 14.2 Å². The van der Waals surface area contributed by atoms with E-state index < -0.39 is 5.91 Å². The zero-order valence-corrected chi connectivity index (χ0v) is 15.8. The number of hydrogen-bond acceptors (Lipinski definition) is 7. The van der Waals surface area contributed by atoms with Crippen molar-refractivity contribution in [3.8, 4) is 11.5 Å². The lowest BCUT2D eigenvalue weighted by Crippen LogP contribution is -2.49. The average molecular weight is 385 g/mol. The quantitative estimate of drug-likeness (QED) is 0.744. The Hall–Kier alpha value is -3.36. The summed E-state index contributed by atoms with van der Waals surface area (Å²) in [6.45, 7) is 1.34. The van der Waals surface area contributed by atoms with Gasteiger partial charge in [0.25, 0.3) is 5.91 Å². The van der Waals surface area contributed by atoms with E-state index in [-0.39, 0.29) is 11.8 Å². The second kappa shape index (κ2) is 9.03. The lowest BCUT2D eigenvalue weighted by molar-refractivity contribution is -0.126. The molecule has 0 unspecified atom stereocenters. The van der Waals surface area contributed by atoms with Crippen molar-refractivity contribution in [2.24, 2.45) is 5.92 Å². The van der Waals surface area contributed by atoms with Gasteiger partial charge in [-0.15, -0.1) is 0 Å². The maximum Gasteiger partial charge on any atom is 0.269 e. The Kier molecular flexibility index (Phi) is 6.25.